The van der Waals surface area contributed by atoms with Crippen molar-refractivity contribution in [1.29, 1.82) is 0 Å². The lowest BCUT2D eigenvalue weighted by molar-refractivity contribution is -0.0828. The third-order valence-corrected chi connectivity index (χ3v) is 3.97. The second-order valence-electron chi connectivity index (χ2n) is 5.69. The Kier molecular flexibility index (Phi) is 3.46. The smallest absolute Gasteiger partial charge is 0.125 e. The lowest BCUT2D eigenvalue weighted by Gasteiger charge is -2.37. The first-order chi connectivity index (χ1) is 9.15. The van der Waals surface area contributed by atoms with Crippen molar-refractivity contribution < 1.29 is 13.9 Å². The quantitative estimate of drug-likeness (QED) is 0.892. The Hall–Kier alpha value is -1.13. The van der Waals surface area contributed by atoms with E-state index >= 15 is 0 Å². The molecule has 3 rings (SSSR count). The Balaban J connectivity index is 1.69. The van der Waals surface area contributed by atoms with Gasteiger partial charge < -0.3 is 14.8 Å². The van der Waals surface area contributed by atoms with Crippen molar-refractivity contribution >= 4 is 5.69 Å². The van der Waals surface area contributed by atoms with Gasteiger partial charge in [-0.2, -0.15) is 0 Å². The monoisotopic (exact) mass is 265 g/mol. The van der Waals surface area contributed by atoms with Crippen LogP contribution in [0.25, 0.3) is 0 Å². The van der Waals surface area contributed by atoms with Crippen molar-refractivity contribution in [3.05, 3.63) is 29.6 Å². The number of aryl methyl sites for hydroxylation is 1. The highest BCUT2D eigenvalue weighted by molar-refractivity contribution is 5.47. The van der Waals surface area contributed by atoms with Gasteiger partial charge in [0.1, 0.15) is 5.82 Å². The van der Waals surface area contributed by atoms with Gasteiger partial charge in [0.25, 0.3) is 0 Å². The minimum absolute atomic E-state index is 0.113. The summed E-state index contributed by atoms with van der Waals surface area (Å²) in [4.78, 5) is 0. The van der Waals surface area contributed by atoms with Crippen molar-refractivity contribution in [3.63, 3.8) is 0 Å². The molecule has 0 bridgehead atoms. The average molecular weight is 265 g/mol. The molecule has 1 aromatic carbocycles. The standard InChI is InChI=1S/C15H20FNO2/c1-11-6-12(16)8-14(7-11)17-13-2-4-19-15(9-13)3-5-18-10-15/h6-8,13,17H,2-5,9-10H2,1H3. The largest absolute Gasteiger partial charge is 0.382 e. The third-order valence-electron chi connectivity index (χ3n) is 3.97. The van der Waals surface area contributed by atoms with Crippen LogP contribution in [0.3, 0.4) is 0 Å². The van der Waals surface area contributed by atoms with Gasteiger partial charge in [-0.1, -0.05) is 0 Å². The Morgan fingerprint density at radius 2 is 2.21 bits per heavy atom. The summed E-state index contributed by atoms with van der Waals surface area (Å²) in [7, 11) is 0. The predicted octanol–water partition coefficient (Wildman–Crippen LogP) is 2.88. The zero-order valence-electron chi connectivity index (χ0n) is 11.2. The number of benzene rings is 1. The lowest BCUT2D eigenvalue weighted by Crippen LogP contribution is -2.44. The first-order valence-corrected chi connectivity index (χ1v) is 6.91. The summed E-state index contributed by atoms with van der Waals surface area (Å²) in [6.07, 6.45) is 2.85. The summed E-state index contributed by atoms with van der Waals surface area (Å²) in [5.41, 5.74) is 1.69. The maximum Gasteiger partial charge on any atom is 0.125 e. The number of halogens is 1. The highest BCUT2D eigenvalue weighted by Gasteiger charge is 2.40. The van der Waals surface area contributed by atoms with E-state index in [9.17, 15) is 4.39 Å². The molecule has 19 heavy (non-hydrogen) atoms. The molecule has 2 unspecified atom stereocenters. The molecule has 1 spiro atoms. The Labute approximate surface area is 113 Å². The predicted molar refractivity (Wildman–Crippen MR) is 71.9 cm³/mol. The summed E-state index contributed by atoms with van der Waals surface area (Å²) in [5.74, 6) is -0.187. The van der Waals surface area contributed by atoms with Crippen LogP contribution in [0.2, 0.25) is 0 Å². The average Bonchev–Trinajstić information content (AvgIpc) is 2.76. The van der Waals surface area contributed by atoms with E-state index in [0.29, 0.717) is 12.6 Å². The molecule has 1 N–H and O–H groups in total. The molecule has 0 amide bonds. The SMILES string of the molecule is Cc1cc(F)cc(NC2CCOC3(CCOC3)C2)c1. The maximum absolute atomic E-state index is 13.4. The summed E-state index contributed by atoms with van der Waals surface area (Å²) < 4.78 is 24.8. The number of anilines is 1. The molecule has 0 aromatic heterocycles. The van der Waals surface area contributed by atoms with Gasteiger partial charge in [-0.05, 0) is 43.5 Å². The van der Waals surface area contributed by atoms with Crippen molar-refractivity contribution in [2.45, 2.75) is 37.8 Å². The molecule has 2 fully saturated rings. The molecule has 0 aliphatic carbocycles. The number of rotatable bonds is 2. The normalized spacial score (nSPS) is 30.7. The molecule has 2 aliphatic rings. The lowest BCUT2D eigenvalue weighted by atomic mass is 9.89. The highest BCUT2D eigenvalue weighted by atomic mass is 19.1. The molecule has 2 heterocycles. The van der Waals surface area contributed by atoms with Gasteiger partial charge in [0.15, 0.2) is 0 Å². The Morgan fingerprint density at radius 3 is 2.95 bits per heavy atom. The molecule has 4 heteroatoms. The number of hydrogen-bond donors (Lipinski definition) is 1. The number of nitrogens with one attached hydrogen (secondary N) is 1. The van der Waals surface area contributed by atoms with Crippen LogP contribution in [-0.2, 0) is 9.47 Å². The number of ether oxygens (including phenoxy) is 2. The van der Waals surface area contributed by atoms with E-state index < -0.39 is 0 Å². The maximum atomic E-state index is 13.4. The van der Waals surface area contributed by atoms with Crippen LogP contribution < -0.4 is 5.32 Å². The first-order valence-electron chi connectivity index (χ1n) is 6.91. The van der Waals surface area contributed by atoms with Gasteiger partial charge in [0, 0.05) is 31.4 Å². The van der Waals surface area contributed by atoms with Crippen LogP contribution in [0.15, 0.2) is 18.2 Å². The Bertz CT molecular complexity index is 437. The van der Waals surface area contributed by atoms with E-state index in [1.165, 1.54) is 0 Å². The molecule has 0 radical (unpaired) electrons. The van der Waals surface area contributed by atoms with E-state index in [0.717, 1.165) is 43.7 Å². The fourth-order valence-corrected chi connectivity index (χ4v) is 3.07. The summed E-state index contributed by atoms with van der Waals surface area (Å²) in [5, 5.41) is 3.44. The molecule has 104 valence electrons. The summed E-state index contributed by atoms with van der Waals surface area (Å²) >= 11 is 0. The van der Waals surface area contributed by atoms with E-state index in [2.05, 4.69) is 5.32 Å². The van der Waals surface area contributed by atoms with Gasteiger partial charge in [-0.25, -0.2) is 4.39 Å². The van der Waals surface area contributed by atoms with Crippen molar-refractivity contribution in [3.8, 4) is 0 Å². The fraction of sp³-hybridized carbons (Fsp3) is 0.600. The second kappa shape index (κ2) is 5.10. The van der Waals surface area contributed by atoms with Crippen LogP contribution in [0.1, 0.15) is 24.8 Å². The summed E-state index contributed by atoms with van der Waals surface area (Å²) in [6.45, 7) is 4.12. The molecular weight excluding hydrogens is 245 g/mol. The van der Waals surface area contributed by atoms with Crippen LogP contribution in [0, 0.1) is 12.7 Å². The van der Waals surface area contributed by atoms with Gasteiger partial charge in [0.05, 0.1) is 12.2 Å². The molecule has 2 atom stereocenters. The zero-order valence-corrected chi connectivity index (χ0v) is 11.2. The van der Waals surface area contributed by atoms with Crippen LogP contribution >= 0.6 is 0 Å². The number of hydrogen-bond acceptors (Lipinski definition) is 3. The highest BCUT2D eigenvalue weighted by Crippen LogP contribution is 2.34. The zero-order chi connectivity index (χ0) is 13.3. The van der Waals surface area contributed by atoms with Crippen LogP contribution in [-0.4, -0.2) is 31.5 Å². The molecule has 1 aromatic rings. The van der Waals surface area contributed by atoms with Crippen molar-refractivity contribution in [1.82, 2.24) is 0 Å². The summed E-state index contributed by atoms with van der Waals surface area (Å²) in [6, 6.07) is 5.41. The fourth-order valence-electron chi connectivity index (χ4n) is 3.07. The van der Waals surface area contributed by atoms with Crippen molar-refractivity contribution in [2.24, 2.45) is 0 Å². The van der Waals surface area contributed by atoms with Gasteiger partial charge in [-0.3, -0.25) is 0 Å². The minimum Gasteiger partial charge on any atom is -0.382 e. The molecule has 2 saturated heterocycles. The van der Waals surface area contributed by atoms with Gasteiger partial charge in [0.2, 0.25) is 0 Å². The van der Waals surface area contributed by atoms with Gasteiger partial charge >= 0.3 is 0 Å². The first kappa shape index (κ1) is 12.9. The third kappa shape index (κ3) is 2.90. The Morgan fingerprint density at radius 1 is 1.32 bits per heavy atom. The van der Waals surface area contributed by atoms with Crippen LogP contribution in [0.4, 0.5) is 10.1 Å². The van der Waals surface area contributed by atoms with Crippen molar-refractivity contribution in [2.75, 3.05) is 25.1 Å². The van der Waals surface area contributed by atoms with Gasteiger partial charge in [-0.15, -0.1) is 0 Å². The topological polar surface area (TPSA) is 30.5 Å². The molecular formula is C15H20FNO2. The second-order valence-corrected chi connectivity index (χ2v) is 5.69. The molecule has 2 aliphatic heterocycles. The molecule has 0 saturated carbocycles. The van der Waals surface area contributed by atoms with E-state index in [1.807, 2.05) is 13.0 Å². The van der Waals surface area contributed by atoms with Crippen LogP contribution in [0.5, 0.6) is 0 Å². The minimum atomic E-state index is -0.187. The van der Waals surface area contributed by atoms with E-state index in [4.69, 9.17) is 9.47 Å². The molecule has 3 nitrogen and oxygen atoms in total. The van der Waals surface area contributed by atoms with E-state index in [1.54, 1.807) is 12.1 Å². The van der Waals surface area contributed by atoms with E-state index in [-0.39, 0.29) is 11.4 Å².